The monoisotopic (exact) mass is 470 g/mol. The van der Waals surface area contributed by atoms with Crippen LogP contribution >= 0.6 is 0 Å². The first-order valence-corrected chi connectivity index (χ1v) is 11.1. The molecular formula is C25H26N8O2. The van der Waals surface area contributed by atoms with Crippen molar-refractivity contribution in [2.24, 2.45) is 12.8 Å². The number of hydrogen-bond acceptors (Lipinski definition) is 7. The van der Waals surface area contributed by atoms with E-state index in [0.717, 1.165) is 9.95 Å². The summed E-state index contributed by atoms with van der Waals surface area (Å²) in [6, 6.07) is 11.1. The SMILES string of the molecule is CC#CCn1c(N(C)CC(C)N)nc2c1c(=O)n(Cc1cc3ccccc3c(C#N)n1)c(=O)n2C. The molecule has 10 nitrogen and oxygen atoms in total. The van der Waals surface area contributed by atoms with Crippen molar-refractivity contribution >= 4 is 27.9 Å². The van der Waals surface area contributed by atoms with Gasteiger partial charge in [-0.05, 0) is 25.3 Å². The number of nitrogens with two attached hydrogens (primary N) is 1. The van der Waals surface area contributed by atoms with E-state index in [0.29, 0.717) is 23.6 Å². The lowest BCUT2D eigenvalue weighted by atomic mass is 10.1. The molecule has 0 amide bonds. The van der Waals surface area contributed by atoms with Gasteiger partial charge in [0.2, 0.25) is 5.95 Å². The smallest absolute Gasteiger partial charge is 0.332 e. The summed E-state index contributed by atoms with van der Waals surface area (Å²) in [5.74, 6) is 6.34. The van der Waals surface area contributed by atoms with Crippen molar-refractivity contribution in [1.29, 1.82) is 5.26 Å². The lowest BCUT2D eigenvalue weighted by Gasteiger charge is -2.20. The number of aryl methyl sites for hydroxylation is 1. The first-order valence-electron chi connectivity index (χ1n) is 11.1. The molecule has 0 aliphatic heterocycles. The maximum atomic E-state index is 13.7. The average molecular weight is 471 g/mol. The summed E-state index contributed by atoms with van der Waals surface area (Å²) in [5, 5.41) is 11.1. The minimum atomic E-state index is -0.524. The van der Waals surface area contributed by atoms with Gasteiger partial charge < -0.3 is 10.6 Å². The number of aromatic nitrogens is 5. The molecule has 1 aromatic carbocycles. The highest BCUT2D eigenvalue weighted by Gasteiger charge is 2.22. The predicted octanol–water partition coefficient (Wildman–Crippen LogP) is 1.17. The fraction of sp³-hybridized carbons (Fsp3) is 0.320. The fourth-order valence-electron chi connectivity index (χ4n) is 4.19. The minimum absolute atomic E-state index is 0.0867. The summed E-state index contributed by atoms with van der Waals surface area (Å²) < 4.78 is 4.18. The average Bonchev–Trinajstić information content (AvgIpc) is 3.23. The molecule has 0 bridgehead atoms. The van der Waals surface area contributed by atoms with Crippen LogP contribution in [0.1, 0.15) is 25.2 Å². The molecule has 1 unspecified atom stereocenters. The second kappa shape index (κ2) is 9.45. The summed E-state index contributed by atoms with van der Waals surface area (Å²) in [4.78, 5) is 37.8. The Morgan fingerprint density at radius 1 is 1.20 bits per heavy atom. The Labute approximate surface area is 201 Å². The van der Waals surface area contributed by atoms with Gasteiger partial charge in [-0.2, -0.15) is 10.2 Å². The van der Waals surface area contributed by atoms with E-state index in [1.54, 1.807) is 24.6 Å². The molecular weight excluding hydrogens is 444 g/mol. The van der Waals surface area contributed by atoms with E-state index in [4.69, 9.17) is 5.73 Å². The third-order valence-corrected chi connectivity index (χ3v) is 5.75. The highest BCUT2D eigenvalue weighted by Crippen LogP contribution is 2.20. The molecule has 0 aliphatic carbocycles. The lowest BCUT2D eigenvalue weighted by Crippen LogP contribution is -2.40. The van der Waals surface area contributed by atoms with Crippen molar-refractivity contribution in [2.75, 3.05) is 18.5 Å². The molecule has 0 saturated heterocycles. The summed E-state index contributed by atoms with van der Waals surface area (Å²) >= 11 is 0. The van der Waals surface area contributed by atoms with E-state index in [1.807, 2.05) is 43.1 Å². The maximum Gasteiger partial charge on any atom is 0.332 e. The largest absolute Gasteiger partial charge is 0.344 e. The van der Waals surface area contributed by atoms with Crippen LogP contribution in [-0.4, -0.2) is 43.3 Å². The highest BCUT2D eigenvalue weighted by atomic mass is 16.2. The van der Waals surface area contributed by atoms with Gasteiger partial charge in [0.25, 0.3) is 5.56 Å². The van der Waals surface area contributed by atoms with Crippen molar-refractivity contribution in [1.82, 2.24) is 23.7 Å². The molecule has 0 radical (unpaired) electrons. The third-order valence-electron chi connectivity index (χ3n) is 5.75. The second-order valence-corrected chi connectivity index (χ2v) is 8.48. The zero-order valence-electron chi connectivity index (χ0n) is 20.1. The Kier molecular flexibility index (Phi) is 6.41. The molecule has 0 saturated carbocycles. The van der Waals surface area contributed by atoms with Crippen LogP contribution in [0.4, 0.5) is 5.95 Å². The molecule has 0 fully saturated rings. The van der Waals surface area contributed by atoms with Crippen molar-refractivity contribution < 1.29 is 0 Å². The number of likely N-dealkylation sites (N-methyl/N-ethyl adjacent to an activating group) is 1. The van der Waals surface area contributed by atoms with Crippen LogP contribution in [0.2, 0.25) is 0 Å². The molecule has 1 atom stereocenters. The molecule has 35 heavy (non-hydrogen) atoms. The van der Waals surface area contributed by atoms with Gasteiger partial charge in [-0.15, -0.1) is 5.92 Å². The van der Waals surface area contributed by atoms with Crippen LogP contribution in [0.15, 0.2) is 39.9 Å². The van der Waals surface area contributed by atoms with Crippen LogP contribution < -0.4 is 21.9 Å². The van der Waals surface area contributed by atoms with E-state index in [1.165, 1.54) is 4.57 Å². The number of nitriles is 1. The zero-order valence-corrected chi connectivity index (χ0v) is 20.1. The van der Waals surface area contributed by atoms with Crippen LogP contribution in [0.3, 0.4) is 0 Å². The fourth-order valence-corrected chi connectivity index (χ4v) is 4.19. The normalized spacial score (nSPS) is 11.8. The van der Waals surface area contributed by atoms with Crippen LogP contribution in [-0.2, 0) is 20.1 Å². The quantitative estimate of drug-likeness (QED) is 0.419. The Morgan fingerprint density at radius 3 is 2.63 bits per heavy atom. The Hall–Kier alpha value is -4.41. The standard InChI is InChI=1S/C25H26N8O2/c1-5-6-11-32-21-22(29-24(32)30(3)14-16(2)27)31(4)25(35)33(23(21)34)15-18-12-17-9-7-8-10-19(17)20(13-26)28-18/h7-10,12,16H,11,14-15,27H2,1-4H3. The van der Waals surface area contributed by atoms with Gasteiger partial charge >= 0.3 is 5.69 Å². The minimum Gasteiger partial charge on any atom is -0.344 e. The van der Waals surface area contributed by atoms with Crippen LogP contribution in [0, 0.1) is 23.2 Å². The number of pyridine rings is 1. The summed E-state index contributed by atoms with van der Waals surface area (Å²) in [6.45, 7) is 4.24. The van der Waals surface area contributed by atoms with Gasteiger partial charge in [0.05, 0.1) is 18.8 Å². The number of imidazole rings is 1. The molecule has 178 valence electrons. The first kappa shape index (κ1) is 23.7. The molecule has 0 aliphatic rings. The third kappa shape index (κ3) is 4.27. The summed E-state index contributed by atoms with van der Waals surface area (Å²) in [7, 11) is 3.41. The van der Waals surface area contributed by atoms with Gasteiger partial charge in [0.1, 0.15) is 11.8 Å². The lowest BCUT2D eigenvalue weighted by molar-refractivity contribution is 0.644. The van der Waals surface area contributed by atoms with E-state index in [2.05, 4.69) is 27.9 Å². The van der Waals surface area contributed by atoms with Crippen molar-refractivity contribution in [3.63, 3.8) is 0 Å². The molecule has 4 rings (SSSR count). The van der Waals surface area contributed by atoms with E-state index in [-0.39, 0.29) is 36.0 Å². The van der Waals surface area contributed by atoms with Gasteiger partial charge in [-0.25, -0.2) is 9.78 Å². The zero-order chi connectivity index (χ0) is 25.3. The van der Waals surface area contributed by atoms with E-state index < -0.39 is 11.2 Å². The first-order chi connectivity index (χ1) is 16.8. The number of rotatable bonds is 6. The topological polar surface area (TPSA) is 128 Å². The van der Waals surface area contributed by atoms with Gasteiger partial charge in [0.15, 0.2) is 11.2 Å². The summed E-state index contributed by atoms with van der Waals surface area (Å²) in [5.41, 5.74) is 6.17. The Morgan fingerprint density at radius 2 is 1.94 bits per heavy atom. The van der Waals surface area contributed by atoms with Crippen LogP contribution in [0.5, 0.6) is 0 Å². The molecule has 3 aromatic heterocycles. The molecule has 10 heteroatoms. The van der Waals surface area contributed by atoms with E-state index in [9.17, 15) is 14.9 Å². The summed E-state index contributed by atoms with van der Waals surface area (Å²) in [6.07, 6.45) is 0. The predicted molar refractivity (Wildman–Crippen MR) is 135 cm³/mol. The second-order valence-electron chi connectivity index (χ2n) is 8.48. The number of hydrogen-bond donors (Lipinski definition) is 1. The molecule has 2 N–H and O–H groups in total. The molecule has 0 spiro atoms. The van der Waals surface area contributed by atoms with Crippen LogP contribution in [0.25, 0.3) is 21.9 Å². The van der Waals surface area contributed by atoms with Crippen molar-refractivity contribution in [3.8, 4) is 17.9 Å². The van der Waals surface area contributed by atoms with Crippen molar-refractivity contribution in [3.05, 3.63) is 62.6 Å². The van der Waals surface area contributed by atoms with Crippen molar-refractivity contribution in [2.45, 2.75) is 33.0 Å². The van der Waals surface area contributed by atoms with Gasteiger partial charge in [-0.1, -0.05) is 30.2 Å². The number of anilines is 1. The Bertz CT molecular complexity index is 1660. The molecule has 3 heterocycles. The number of fused-ring (bicyclic) bond motifs is 2. The molecule has 4 aromatic rings. The number of benzene rings is 1. The van der Waals surface area contributed by atoms with Gasteiger partial charge in [-0.3, -0.25) is 18.5 Å². The van der Waals surface area contributed by atoms with E-state index >= 15 is 0 Å². The maximum absolute atomic E-state index is 13.7. The Balaban J connectivity index is 1.94. The highest BCUT2D eigenvalue weighted by molar-refractivity contribution is 5.86. The number of nitrogens with zero attached hydrogens (tertiary/aromatic N) is 7. The van der Waals surface area contributed by atoms with Gasteiger partial charge in [0, 0.05) is 32.1 Å².